The van der Waals surface area contributed by atoms with Crippen molar-refractivity contribution in [3.8, 4) is 0 Å². The lowest BCUT2D eigenvalue weighted by atomic mass is 10.1. The minimum absolute atomic E-state index is 1.12. The van der Waals surface area contributed by atoms with E-state index >= 15 is 0 Å². The van der Waals surface area contributed by atoms with Gasteiger partial charge in [0, 0.05) is 24.7 Å². The zero-order valence-electron chi connectivity index (χ0n) is 8.74. The van der Waals surface area contributed by atoms with Crippen molar-refractivity contribution in [3.05, 3.63) is 24.5 Å². The average molecular weight is 201 g/mol. The minimum atomic E-state index is 1.12. The highest BCUT2D eigenvalue weighted by molar-refractivity contribution is 5.81. The van der Waals surface area contributed by atoms with Crippen LogP contribution in [0.1, 0.15) is 19.3 Å². The Morgan fingerprint density at radius 2 is 2.07 bits per heavy atom. The van der Waals surface area contributed by atoms with Crippen LogP contribution >= 0.6 is 0 Å². The summed E-state index contributed by atoms with van der Waals surface area (Å²) in [4.78, 5) is 10.1. The maximum absolute atomic E-state index is 4.50. The number of nitrogens with zero attached hydrogens (tertiary/aromatic N) is 2. The van der Waals surface area contributed by atoms with Gasteiger partial charge in [-0.15, -0.1) is 0 Å². The summed E-state index contributed by atoms with van der Waals surface area (Å²) in [5.74, 6) is 1.13. The van der Waals surface area contributed by atoms with Gasteiger partial charge in [0.2, 0.25) is 0 Å². The molecule has 3 rings (SSSR count). The summed E-state index contributed by atoms with van der Waals surface area (Å²) >= 11 is 0. The Bertz CT molecular complexity index is 455. The van der Waals surface area contributed by atoms with Crippen molar-refractivity contribution in [2.75, 3.05) is 18.0 Å². The van der Waals surface area contributed by atoms with E-state index in [1.54, 1.807) is 0 Å². The lowest BCUT2D eigenvalue weighted by molar-refractivity contribution is 0.574. The van der Waals surface area contributed by atoms with Crippen molar-refractivity contribution >= 4 is 16.7 Å². The van der Waals surface area contributed by atoms with Crippen LogP contribution in [0.15, 0.2) is 24.5 Å². The number of aromatic nitrogens is 2. The Balaban J connectivity index is 1.95. The largest absolute Gasteiger partial charge is 0.360 e. The van der Waals surface area contributed by atoms with Crippen molar-refractivity contribution in [2.24, 2.45) is 0 Å². The number of aromatic amines is 1. The molecule has 78 valence electrons. The fraction of sp³-hybridized carbons (Fsp3) is 0.417. The number of piperidine rings is 1. The molecule has 3 nitrogen and oxygen atoms in total. The van der Waals surface area contributed by atoms with Gasteiger partial charge in [-0.25, -0.2) is 4.98 Å². The molecule has 1 aliphatic rings. The summed E-state index contributed by atoms with van der Waals surface area (Å²) < 4.78 is 0. The second-order valence-electron chi connectivity index (χ2n) is 4.16. The summed E-state index contributed by atoms with van der Waals surface area (Å²) in [6.45, 7) is 2.31. The Kier molecular flexibility index (Phi) is 2.09. The third-order valence-corrected chi connectivity index (χ3v) is 3.10. The van der Waals surface area contributed by atoms with E-state index in [-0.39, 0.29) is 0 Å². The summed E-state index contributed by atoms with van der Waals surface area (Å²) in [5.41, 5.74) is 1.12. The summed E-state index contributed by atoms with van der Waals surface area (Å²) in [7, 11) is 0. The van der Waals surface area contributed by atoms with Crippen LogP contribution in [0.3, 0.4) is 0 Å². The van der Waals surface area contributed by atoms with Crippen molar-refractivity contribution in [2.45, 2.75) is 19.3 Å². The standard InChI is InChI=1S/C12H15N3/c1-2-6-15(7-3-1)12-8-10-4-5-13-11(10)9-14-12/h4-5,8-9,13H,1-3,6-7H2. The predicted octanol–water partition coefficient (Wildman–Crippen LogP) is 2.55. The van der Waals surface area contributed by atoms with Crippen LogP contribution in [0.25, 0.3) is 10.9 Å². The molecule has 0 spiro atoms. The third-order valence-electron chi connectivity index (χ3n) is 3.10. The fourth-order valence-corrected chi connectivity index (χ4v) is 2.23. The number of H-pyrrole nitrogens is 1. The van der Waals surface area contributed by atoms with Crippen LogP contribution in [0, 0.1) is 0 Å². The molecule has 0 amide bonds. The summed E-state index contributed by atoms with van der Waals surface area (Å²) in [6.07, 6.45) is 7.86. The molecule has 0 bridgehead atoms. The first kappa shape index (κ1) is 8.77. The molecule has 2 aromatic rings. The Morgan fingerprint density at radius 3 is 2.93 bits per heavy atom. The number of rotatable bonds is 1. The first-order valence-corrected chi connectivity index (χ1v) is 5.61. The van der Waals surface area contributed by atoms with Gasteiger partial charge in [0.05, 0.1) is 11.7 Å². The molecule has 3 heteroatoms. The van der Waals surface area contributed by atoms with Crippen molar-refractivity contribution < 1.29 is 0 Å². The van der Waals surface area contributed by atoms with Crippen LogP contribution in [-0.2, 0) is 0 Å². The molecule has 3 heterocycles. The number of nitrogens with one attached hydrogen (secondary N) is 1. The maximum Gasteiger partial charge on any atom is 0.129 e. The Morgan fingerprint density at radius 1 is 1.20 bits per heavy atom. The van der Waals surface area contributed by atoms with Gasteiger partial charge in [0.25, 0.3) is 0 Å². The van der Waals surface area contributed by atoms with E-state index < -0.39 is 0 Å². The van der Waals surface area contributed by atoms with Gasteiger partial charge in [0.15, 0.2) is 0 Å². The molecule has 0 aliphatic carbocycles. The van der Waals surface area contributed by atoms with Gasteiger partial charge in [-0.1, -0.05) is 0 Å². The summed E-state index contributed by atoms with van der Waals surface area (Å²) in [5, 5.41) is 1.26. The molecule has 1 fully saturated rings. The first-order valence-electron chi connectivity index (χ1n) is 5.61. The Hall–Kier alpha value is -1.51. The van der Waals surface area contributed by atoms with Crippen LogP contribution in [0.2, 0.25) is 0 Å². The van der Waals surface area contributed by atoms with E-state index in [1.165, 1.54) is 24.6 Å². The van der Waals surface area contributed by atoms with E-state index in [0.717, 1.165) is 24.4 Å². The molecule has 1 saturated heterocycles. The van der Waals surface area contributed by atoms with Gasteiger partial charge >= 0.3 is 0 Å². The highest BCUT2D eigenvalue weighted by Gasteiger charge is 2.12. The molecule has 2 aromatic heterocycles. The second-order valence-corrected chi connectivity index (χ2v) is 4.16. The quantitative estimate of drug-likeness (QED) is 0.769. The number of hydrogen-bond donors (Lipinski definition) is 1. The molecule has 1 aliphatic heterocycles. The van der Waals surface area contributed by atoms with E-state index in [9.17, 15) is 0 Å². The molecular formula is C12H15N3. The summed E-state index contributed by atoms with van der Waals surface area (Å²) in [6, 6.07) is 4.28. The van der Waals surface area contributed by atoms with Gasteiger partial charge in [0.1, 0.15) is 5.82 Å². The second kappa shape index (κ2) is 3.57. The first-order chi connectivity index (χ1) is 7.43. The molecule has 0 saturated carbocycles. The lowest BCUT2D eigenvalue weighted by Crippen LogP contribution is -2.29. The van der Waals surface area contributed by atoms with Gasteiger partial charge < -0.3 is 9.88 Å². The smallest absolute Gasteiger partial charge is 0.129 e. The maximum atomic E-state index is 4.50. The highest BCUT2D eigenvalue weighted by Crippen LogP contribution is 2.21. The zero-order chi connectivity index (χ0) is 10.1. The molecular weight excluding hydrogens is 186 g/mol. The Labute approximate surface area is 89.1 Å². The normalized spacial score (nSPS) is 17.2. The SMILES string of the molecule is c1cc2cc(N3CCCCC3)ncc2[nH]1. The van der Waals surface area contributed by atoms with E-state index in [2.05, 4.69) is 27.0 Å². The molecule has 0 unspecified atom stereocenters. The molecule has 0 radical (unpaired) electrons. The number of fused-ring (bicyclic) bond motifs is 1. The van der Waals surface area contributed by atoms with E-state index in [1.807, 2.05) is 12.4 Å². The monoisotopic (exact) mass is 201 g/mol. The van der Waals surface area contributed by atoms with Crippen molar-refractivity contribution in [1.82, 2.24) is 9.97 Å². The van der Waals surface area contributed by atoms with Crippen LogP contribution in [-0.4, -0.2) is 23.1 Å². The van der Waals surface area contributed by atoms with Gasteiger partial charge in [-0.3, -0.25) is 0 Å². The topological polar surface area (TPSA) is 31.9 Å². The lowest BCUT2D eigenvalue weighted by Gasteiger charge is -2.27. The predicted molar refractivity (Wildman–Crippen MR) is 62.2 cm³/mol. The van der Waals surface area contributed by atoms with Crippen LogP contribution < -0.4 is 4.90 Å². The van der Waals surface area contributed by atoms with Crippen LogP contribution in [0.4, 0.5) is 5.82 Å². The van der Waals surface area contributed by atoms with Crippen LogP contribution in [0.5, 0.6) is 0 Å². The zero-order valence-corrected chi connectivity index (χ0v) is 8.74. The molecule has 1 N–H and O–H groups in total. The average Bonchev–Trinajstić information content (AvgIpc) is 2.77. The molecule has 0 aromatic carbocycles. The fourth-order valence-electron chi connectivity index (χ4n) is 2.23. The van der Waals surface area contributed by atoms with Crippen molar-refractivity contribution in [1.29, 1.82) is 0 Å². The third kappa shape index (κ3) is 1.58. The van der Waals surface area contributed by atoms with E-state index in [4.69, 9.17) is 0 Å². The van der Waals surface area contributed by atoms with Gasteiger partial charge in [-0.05, 0) is 31.4 Å². The number of anilines is 1. The van der Waals surface area contributed by atoms with Gasteiger partial charge in [-0.2, -0.15) is 0 Å². The molecule has 0 atom stereocenters. The minimum Gasteiger partial charge on any atom is -0.360 e. The number of pyridine rings is 1. The highest BCUT2D eigenvalue weighted by atomic mass is 15.2. The molecule has 15 heavy (non-hydrogen) atoms. The number of hydrogen-bond acceptors (Lipinski definition) is 2. The van der Waals surface area contributed by atoms with Crippen molar-refractivity contribution in [3.63, 3.8) is 0 Å². The van der Waals surface area contributed by atoms with E-state index in [0.29, 0.717) is 0 Å².